The predicted octanol–water partition coefficient (Wildman–Crippen LogP) is 1.46. The predicted molar refractivity (Wildman–Crippen MR) is 78.2 cm³/mol. The molecule has 1 saturated carbocycles. The van der Waals surface area contributed by atoms with E-state index >= 15 is 0 Å². The van der Waals surface area contributed by atoms with Gasteiger partial charge in [-0.15, -0.1) is 0 Å². The van der Waals surface area contributed by atoms with Crippen LogP contribution in [0.3, 0.4) is 0 Å². The van der Waals surface area contributed by atoms with Crippen LogP contribution in [0.5, 0.6) is 0 Å². The summed E-state index contributed by atoms with van der Waals surface area (Å²) in [6.45, 7) is 7.18. The van der Waals surface area contributed by atoms with Crippen LogP contribution in [0.25, 0.3) is 0 Å². The Morgan fingerprint density at radius 3 is 2.26 bits per heavy atom. The monoisotopic (exact) mass is 267 g/mol. The van der Waals surface area contributed by atoms with E-state index in [4.69, 9.17) is 0 Å². The first kappa shape index (κ1) is 14.8. The summed E-state index contributed by atoms with van der Waals surface area (Å²) in [5.41, 5.74) is 0.0806. The Bertz CT molecular complexity index is 292. The lowest BCUT2D eigenvalue weighted by Crippen LogP contribution is -2.53. The first-order valence-corrected chi connectivity index (χ1v) is 7.88. The fraction of sp³-hybridized carbons (Fsp3) is 0.933. The van der Waals surface area contributed by atoms with Crippen molar-refractivity contribution in [3.63, 3.8) is 0 Å². The van der Waals surface area contributed by atoms with Gasteiger partial charge in [-0.3, -0.25) is 4.79 Å². The molecule has 0 aromatic heterocycles. The topological polar surface area (TPSA) is 35.6 Å². The van der Waals surface area contributed by atoms with Crippen LogP contribution >= 0.6 is 0 Å². The van der Waals surface area contributed by atoms with Gasteiger partial charge in [0.05, 0.1) is 0 Å². The van der Waals surface area contributed by atoms with Gasteiger partial charge in [0.25, 0.3) is 0 Å². The molecule has 0 radical (unpaired) electrons. The van der Waals surface area contributed by atoms with Gasteiger partial charge in [0.2, 0.25) is 5.91 Å². The summed E-state index contributed by atoms with van der Waals surface area (Å²) < 4.78 is 0. The molecule has 1 aliphatic heterocycles. The average Bonchev–Trinajstić information content (AvgIpc) is 2.48. The van der Waals surface area contributed by atoms with Crippen LogP contribution in [0.2, 0.25) is 0 Å². The van der Waals surface area contributed by atoms with Gasteiger partial charge < -0.3 is 15.1 Å². The van der Waals surface area contributed by atoms with Gasteiger partial charge in [0.1, 0.15) is 0 Å². The zero-order valence-corrected chi connectivity index (χ0v) is 12.6. The molecule has 0 atom stereocenters. The number of rotatable bonds is 4. The largest absolute Gasteiger partial charge is 0.340 e. The normalized spacial score (nSPS) is 24.4. The molecule has 19 heavy (non-hydrogen) atoms. The number of carbonyl (C=O) groups excluding carboxylic acids is 1. The van der Waals surface area contributed by atoms with Crippen molar-refractivity contribution >= 4 is 5.91 Å². The third-order valence-corrected chi connectivity index (χ3v) is 5.00. The molecule has 1 amide bonds. The Balaban J connectivity index is 1.86. The molecular formula is C15H29N3O. The van der Waals surface area contributed by atoms with Crippen molar-refractivity contribution in [1.82, 2.24) is 15.1 Å². The van der Waals surface area contributed by atoms with Crippen molar-refractivity contribution in [2.24, 2.45) is 0 Å². The van der Waals surface area contributed by atoms with Crippen molar-refractivity contribution in [1.29, 1.82) is 0 Å². The number of nitrogens with one attached hydrogen (secondary N) is 1. The van der Waals surface area contributed by atoms with E-state index < -0.39 is 0 Å². The van der Waals surface area contributed by atoms with Gasteiger partial charge in [-0.1, -0.05) is 26.2 Å². The minimum Gasteiger partial charge on any atom is -0.340 e. The maximum Gasteiger partial charge on any atom is 0.224 e. The van der Waals surface area contributed by atoms with Crippen LogP contribution < -0.4 is 5.32 Å². The van der Waals surface area contributed by atoms with Crippen LogP contribution in [-0.4, -0.2) is 61.0 Å². The second-order valence-corrected chi connectivity index (χ2v) is 6.08. The Kier molecular flexibility index (Phi) is 5.22. The first-order valence-electron chi connectivity index (χ1n) is 7.88. The molecule has 0 spiro atoms. The highest BCUT2D eigenvalue weighted by Crippen LogP contribution is 2.31. The summed E-state index contributed by atoms with van der Waals surface area (Å²) in [5, 5.41) is 3.45. The van der Waals surface area contributed by atoms with Crippen molar-refractivity contribution in [2.75, 3.05) is 39.8 Å². The van der Waals surface area contributed by atoms with Gasteiger partial charge in [0, 0.05) is 38.1 Å². The third-order valence-electron chi connectivity index (χ3n) is 5.00. The molecule has 0 bridgehead atoms. The molecule has 4 nitrogen and oxygen atoms in total. The second-order valence-electron chi connectivity index (χ2n) is 6.08. The Morgan fingerprint density at radius 2 is 1.74 bits per heavy atom. The fourth-order valence-electron chi connectivity index (χ4n) is 3.46. The van der Waals surface area contributed by atoms with Gasteiger partial charge >= 0.3 is 0 Å². The molecule has 1 N–H and O–H groups in total. The minimum atomic E-state index is 0.0806. The van der Waals surface area contributed by atoms with Crippen molar-refractivity contribution in [2.45, 2.75) is 51.0 Å². The van der Waals surface area contributed by atoms with Crippen LogP contribution in [0, 0.1) is 0 Å². The highest BCUT2D eigenvalue weighted by Gasteiger charge is 2.34. The molecule has 0 aromatic carbocycles. The van der Waals surface area contributed by atoms with E-state index in [0.29, 0.717) is 12.3 Å². The van der Waals surface area contributed by atoms with Crippen LogP contribution in [-0.2, 0) is 4.79 Å². The molecule has 2 aliphatic rings. The van der Waals surface area contributed by atoms with Gasteiger partial charge in [-0.05, 0) is 26.4 Å². The maximum absolute atomic E-state index is 12.5. The van der Waals surface area contributed by atoms with E-state index in [9.17, 15) is 4.79 Å². The molecule has 2 fully saturated rings. The van der Waals surface area contributed by atoms with Crippen LogP contribution in [0.15, 0.2) is 0 Å². The summed E-state index contributed by atoms with van der Waals surface area (Å²) in [5.74, 6) is 0.354. The maximum atomic E-state index is 12.5. The number of piperazine rings is 1. The number of carbonyl (C=O) groups is 1. The number of likely N-dealkylation sites (N-methyl/N-ethyl adjacent to an activating group) is 1. The summed E-state index contributed by atoms with van der Waals surface area (Å²) in [4.78, 5) is 17.0. The van der Waals surface area contributed by atoms with E-state index in [1.54, 1.807) is 0 Å². The average molecular weight is 267 g/mol. The Morgan fingerprint density at radius 1 is 1.11 bits per heavy atom. The van der Waals surface area contributed by atoms with Gasteiger partial charge in [-0.2, -0.15) is 0 Å². The molecule has 4 heteroatoms. The number of nitrogens with zero attached hydrogens (tertiary/aromatic N) is 2. The summed E-state index contributed by atoms with van der Waals surface area (Å²) in [6.07, 6.45) is 6.85. The quantitative estimate of drug-likeness (QED) is 0.838. The van der Waals surface area contributed by atoms with Gasteiger partial charge in [-0.25, -0.2) is 0 Å². The summed E-state index contributed by atoms with van der Waals surface area (Å²) in [6, 6.07) is 0. The number of hydrogen-bond acceptors (Lipinski definition) is 3. The minimum absolute atomic E-state index is 0.0806. The summed E-state index contributed by atoms with van der Waals surface area (Å²) >= 11 is 0. The smallest absolute Gasteiger partial charge is 0.224 e. The molecule has 0 aromatic rings. The molecule has 2 rings (SSSR count). The lowest BCUT2D eigenvalue weighted by atomic mass is 9.79. The van der Waals surface area contributed by atoms with E-state index in [1.807, 2.05) is 7.05 Å². The SMILES string of the molecule is CCN1CCN(C(=O)CC2(NC)CCCCC2)CC1. The summed E-state index contributed by atoms with van der Waals surface area (Å²) in [7, 11) is 2.02. The van der Waals surface area contributed by atoms with Crippen molar-refractivity contribution in [3.05, 3.63) is 0 Å². The molecule has 1 heterocycles. The highest BCUT2D eigenvalue weighted by atomic mass is 16.2. The first-order chi connectivity index (χ1) is 9.19. The molecule has 1 saturated heterocycles. The van der Waals surface area contributed by atoms with Crippen molar-refractivity contribution in [3.8, 4) is 0 Å². The lowest BCUT2D eigenvalue weighted by Gasteiger charge is -2.40. The van der Waals surface area contributed by atoms with Crippen LogP contribution in [0.1, 0.15) is 45.4 Å². The molecule has 110 valence electrons. The van der Waals surface area contributed by atoms with Gasteiger partial charge in [0.15, 0.2) is 0 Å². The van der Waals surface area contributed by atoms with E-state index in [-0.39, 0.29) is 5.54 Å². The fourth-order valence-corrected chi connectivity index (χ4v) is 3.46. The van der Waals surface area contributed by atoms with E-state index in [1.165, 1.54) is 19.3 Å². The lowest BCUT2D eigenvalue weighted by molar-refractivity contribution is -0.134. The number of amides is 1. The Hall–Kier alpha value is -0.610. The zero-order chi connectivity index (χ0) is 13.7. The standard InChI is InChI=1S/C15H29N3O/c1-3-17-9-11-18(12-10-17)14(19)13-15(16-2)7-5-4-6-8-15/h16H,3-13H2,1-2H3. The zero-order valence-electron chi connectivity index (χ0n) is 12.6. The molecule has 0 unspecified atom stereocenters. The third kappa shape index (κ3) is 3.69. The van der Waals surface area contributed by atoms with Crippen molar-refractivity contribution < 1.29 is 4.79 Å². The highest BCUT2D eigenvalue weighted by molar-refractivity contribution is 5.77. The van der Waals surface area contributed by atoms with Crippen LogP contribution in [0.4, 0.5) is 0 Å². The van der Waals surface area contributed by atoms with E-state index in [2.05, 4.69) is 22.0 Å². The second kappa shape index (κ2) is 6.71. The molecular weight excluding hydrogens is 238 g/mol. The molecule has 1 aliphatic carbocycles. The Labute approximate surface area is 117 Å². The number of hydrogen-bond donors (Lipinski definition) is 1. The van der Waals surface area contributed by atoms with E-state index in [0.717, 1.165) is 45.6 Å².